The normalized spacial score (nSPS) is 20.6. The summed E-state index contributed by atoms with van der Waals surface area (Å²) in [5.41, 5.74) is 0. The number of hydrogen-bond donors (Lipinski definition) is 2. The van der Waals surface area contributed by atoms with E-state index >= 15 is 0 Å². The second kappa shape index (κ2) is 6.81. The minimum absolute atomic E-state index is 0.0129. The Bertz CT molecular complexity index is 493. The molecule has 1 aromatic heterocycles. The lowest BCUT2D eigenvalue weighted by atomic mass is 10.1. The Labute approximate surface area is 118 Å². The number of ether oxygens (including phenoxy) is 1. The molecule has 2 N–H and O–H groups in total. The topological polar surface area (TPSA) is 67.4 Å². The molecule has 2 rings (SSSR count). The van der Waals surface area contributed by atoms with E-state index in [9.17, 15) is 8.42 Å². The molecule has 2 heterocycles. The molecule has 0 aliphatic carbocycles. The second-order valence-electron chi connectivity index (χ2n) is 4.62. The Morgan fingerprint density at radius 1 is 1.47 bits per heavy atom. The molecule has 1 aliphatic heterocycles. The zero-order valence-electron chi connectivity index (χ0n) is 11.0. The molecule has 7 heteroatoms. The summed E-state index contributed by atoms with van der Waals surface area (Å²) in [5.74, 6) is 0. The van der Waals surface area contributed by atoms with Crippen LogP contribution in [0.25, 0.3) is 0 Å². The van der Waals surface area contributed by atoms with Crippen LogP contribution in [0.1, 0.15) is 24.1 Å². The van der Waals surface area contributed by atoms with Crippen molar-refractivity contribution in [1.82, 2.24) is 10.0 Å². The first-order valence-electron chi connectivity index (χ1n) is 6.45. The van der Waals surface area contributed by atoms with Gasteiger partial charge in [-0.25, -0.2) is 13.1 Å². The summed E-state index contributed by atoms with van der Waals surface area (Å²) in [4.78, 5) is 1.36. The van der Waals surface area contributed by atoms with Gasteiger partial charge in [0.1, 0.15) is 0 Å². The summed E-state index contributed by atoms with van der Waals surface area (Å²) >= 11 is 1.45. The van der Waals surface area contributed by atoms with Crippen LogP contribution in [0.2, 0.25) is 0 Å². The molecule has 0 radical (unpaired) electrons. The maximum atomic E-state index is 12.1. The lowest BCUT2D eigenvalue weighted by molar-refractivity contribution is 0.0200. The highest BCUT2D eigenvalue weighted by Crippen LogP contribution is 2.19. The van der Waals surface area contributed by atoms with E-state index in [1.54, 1.807) is 11.4 Å². The summed E-state index contributed by atoms with van der Waals surface area (Å²) < 4.78 is 32.4. The van der Waals surface area contributed by atoms with E-state index < -0.39 is 10.0 Å². The Morgan fingerprint density at radius 2 is 2.32 bits per heavy atom. The van der Waals surface area contributed by atoms with Crippen LogP contribution in [0.4, 0.5) is 0 Å². The first-order chi connectivity index (χ1) is 9.12. The monoisotopic (exact) mass is 304 g/mol. The van der Waals surface area contributed by atoms with Gasteiger partial charge >= 0.3 is 0 Å². The van der Waals surface area contributed by atoms with Gasteiger partial charge in [0.05, 0.1) is 11.0 Å². The van der Waals surface area contributed by atoms with Gasteiger partial charge in [-0.1, -0.05) is 0 Å². The maximum Gasteiger partial charge on any atom is 0.241 e. The summed E-state index contributed by atoms with van der Waals surface area (Å²) in [6, 6.07) is 1.71. The van der Waals surface area contributed by atoms with Crippen molar-refractivity contribution in [1.29, 1.82) is 0 Å². The Hall–Kier alpha value is -0.470. The molecule has 1 aliphatic rings. The number of nitrogens with one attached hydrogen (secondary N) is 2. The molecule has 0 saturated carbocycles. The zero-order chi connectivity index (χ0) is 13.7. The predicted octanol–water partition coefficient (Wildman–Crippen LogP) is 1.31. The van der Waals surface area contributed by atoms with Gasteiger partial charge in [0.2, 0.25) is 10.0 Å². The molecule has 19 heavy (non-hydrogen) atoms. The van der Waals surface area contributed by atoms with Gasteiger partial charge in [0.25, 0.3) is 0 Å². The average Bonchev–Trinajstić information content (AvgIpc) is 2.88. The van der Waals surface area contributed by atoms with Gasteiger partial charge in [-0.05, 0) is 32.4 Å². The van der Waals surface area contributed by atoms with Crippen molar-refractivity contribution >= 4 is 21.4 Å². The number of sulfonamides is 1. The summed E-state index contributed by atoms with van der Waals surface area (Å²) in [6.07, 6.45) is 3.12. The number of rotatable bonds is 6. The van der Waals surface area contributed by atoms with Crippen molar-refractivity contribution < 1.29 is 13.2 Å². The van der Waals surface area contributed by atoms with Gasteiger partial charge in [0.15, 0.2) is 0 Å². The van der Waals surface area contributed by atoms with Crippen LogP contribution in [0.3, 0.4) is 0 Å². The van der Waals surface area contributed by atoms with E-state index in [2.05, 4.69) is 10.0 Å². The standard InChI is InChI=1S/C12H20N2O3S2/c1-13-8-11-6-12(9-18-11)19(15,16)14-7-10-4-2-3-5-17-10/h6,9-10,13-14H,2-5,7-8H2,1H3. The van der Waals surface area contributed by atoms with E-state index in [1.807, 2.05) is 7.05 Å². The van der Waals surface area contributed by atoms with Crippen LogP contribution in [0, 0.1) is 0 Å². The summed E-state index contributed by atoms with van der Waals surface area (Å²) in [7, 11) is -1.56. The average molecular weight is 304 g/mol. The van der Waals surface area contributed by atoms with Crippen LogP contribution in [-0.2, 0) is 21.3 Å². The van der Waals surface area contributed by atoms with Crippen LogP contribution >= 0.6 is 11.3 Å². The van der Waals surface area contributed by atoms with Crippen molar-refractivity contribution in [3.63, 3.8) is 0 Å². The van der Waals surface area contributed by atoms with Gasteiger partial charge in [-0.15, -0.1) is 11.3 Å². The van der Waals surface area contributed by atoms with Crippen LogP contribution in [0.5, 0.6) is 0 Å². The molecule has 0 amide bonds. The third-order valence-corrected chi connectivity index (χ3v) is 5.55. The summed E-state index contributed by atoms with van der Waals surface area (Å²) in [6.45, 7) is 1.78. The first-order valence-corrected chi connectivity index (χ1v) is 8.81. The van der Waals surface area contributed by atoms with Crippen molar-refractivity contribution in [2.24, 2.45) is 0 Å². The lowest BCUT2D eigenvalue weighted by Crippen LogP contribution is -2.35. The van der Waals surface area contributed by atoms with Crippen molar-refractivity contribution in [2.45, 2.75) is 36.8 Å². The van der Waals surface area contributed by atoms with Crippen LogP contribution in [-0.4, -0.2) is 34.7 Å². The van der Waals surface area contributed by atoms with E-state index in [0.717, 1.165) is 30.7 Å². The quantitative estimate of drug-likeness (QED) is 0.832. The molecule has 0 aromatic carbocycles. The largest absolute Gasteiger partial charge is 0.377 e. The molecule has 0 spiro atoms. The molecule has 1 atom stereocenters. The SMILES string of the molecule is CNCc1cc(S(=O)(=O)NCC2CCCCO2)cs1. The fourth-order valence-corrected chi connectivity index (χ4v) is 4.38. The minimum Gasteiger partial charge on any atom is -0.377 e. The van der Waals surface area contributed by atoms with Gasteiger partial charge in [-0.2, -0.15) is 0 Å². The Kier molecular flexibility index (Phi) is 5.35. The molecule has 1 saturated heterocycles. The molecule has 1 fully saturated rings. The number of thiophene rings is 1. The van der Waals surface area contributed by atoms with Gasteiger partial charge < -0.3 is 10.1 Å². The fourth-order valence-electron chi connectivity index (χ4n) is 2.02. The smallest absolute Gasteiger partial charge is 0.241 e. The first kappa shape index (κ1) is 14.9. The van der Waals surface area contributed by atoms with E-state index in [-0.39, 0.29) is 6.10 Å². The molecule has 108 valence electrons. The molecule has 5 nitrogen and oxygen atoms in total. The second-order valence-corrected chi connectivity index (χ2v) is 7.38. The molecule has 1 aromatic rings. The Morgan fingerprint density at radius 3 is 3.00 bits per heavy atom. The van der Waals surface area contributed by atoms with E-state index in [1.165, 1.54) is 11.3 Å². The maximum absolute atomic E-state index is 12.1. The van der Waals surface area contributed by atoms with Gasteiger partial charge in [0, 0.05) is 30.0 Å². The molecule has 0 bridgehead atoms. The van der Waals surface area contributed by atoms with Crippen LogP contribution in [0.15, 0.2) is 16.3 Å². The minimum atomic E-state index is -3.40. The van der Waals surface area contributed by atoms with Gasteiger partial charge in [-0.3, -0.25) is 0 Å². The summed E-state index contributed by atoms with van der Waals surface area (Å²) in [5, 5.41) is 4.68. The highest BCUT2D eigenvalue weighted by Gasteiger charge is 2.20. The third kappa shape index (κ3) is 4.25. The van der Waals surface area contributed by atoms with Crippen molar-refractivity contribution in [3.05, 3.63) is 16.3 Å². The highest BCUT2D eigenvalue weighted by atomic mass is 32.2. The predicted molar refractivity (Wildman–Crippen MR) is 75.9 cm³/mol. The van der Waals surface area contributed by atoms with Crippen molar-refractivity contribution in [3.8, 4) is 0 Å². The van der Waals surface area contributed by atoms with Crippen molar-refractivity contribution in [2.75, 3.05) is 20.2 Å². The number of hydrogen-bond acceptors (Lipinski definition) is 5. The van der Waals surface area contributed by atoms with E-state index in [0.29, 0.717) is 18.0 Å². The molecular weight excluding hydrogens is 284 g/mol. The fraction of sp³-hybridized carbons (Fsp3) is 0.667. The molecular formula is C12H20N2O3S2. The third-order valence-electron chi connectivity index (χ3n) is 3.07. The van der Waals surface area contributed by atoms with E-state index in [4.69, 9.17) is 4.74 Å². The lowest BCUT2D eigenvalue weighted by Gasteiger charge is -2.22. The highest BCUT2D eigenvalue weighted by molar-refractivity contribution is 7.89. The van der Waals surface area contributed by atoms with Crippen LogP contribution < -0.4 is 10.0 Å². The zero-order valence-corrected chi connectivity index (χ0v) is 12.6. The molecule has 1 unspecified atom stereocenters. The Balaban J connectivity index is 1.92.